The van der Waals surface area contributed by atoms with Crippen molar-refractivity contribution < 1.29 is 9.53 Å². The number of hydrogen-bond acceptors (Lipinski definition) is 3. The molecule has 2 aromatic carbocycles. The summed E-state index contributed by atoms with van der Waals surface area (Å²) in [4.78, 5) is 12.0. The number of ether oxygens (including phenoxy) is 1. The summed E-state index contributed by atoms with van der Waals surface area (Å²) in [5.74, 6) is 0.901. The molecular formula is C18H20N2O2. The van der Waals surface area contributed by atoms with Crippen LogP contribution in [0.5, 0.6) is 5.75 Å². The average Bonchev–Trinajstić information content (AvgIpc) is 3.10. The van der Waals surface area contributed by atoms with Crippen molar-refractivity contribution in [3.63, 3.8) is 0 Å². The van der Waals surface area contributed by atoms with Gasteiger partial charge in [-0.3, -0.25) is 4.79 Å². The summed E-state index contributed by atoms with van der Waals surface area (Å²) in [6.07, 6.45) is 1.97. The van der Waals surface area contributed by atoms with Gasteiger partial charge in [-0.15, -0.1) is 0 Å². The summed E-state index contributed by atoms with van der Waals surface area (Å²) in [5.41, 5.74) is 1.89. The maximum absolute atomic E-state index is 12.0. The van der Waals surface area contributed by atoms with E-state index in [1.165, 1.54) is 0 Å². The number of benzene rings is 2. The van der Waals surface area contributed by atoms with E-state index in [-0.39, 0.29) is 11.9 Å². The molecule has 0 aromatic heterocycles. The van der Waals surface area contributed by atoms with Gasteiger partial charge < -0.3 is 15.4 Å². The van der Waals surface area contributed by atoms with Gasteiger partial charge in [-0.2, -0.15) is 0 Å². The number of carbonyl (C=O) groups is 1. The van der Waals surface area contributed by atoms with E-state index < -0.39 is 0 Å². The molecule has 1 atom stereocenters. The van der Waals surface area contributed by atoms with Gasteiger partial charge in [-0.05, 0) is 49.2 Å². The SMILES string of the molecule is O=C(Nc1ccc(COc2ccccc2)cc1)C1CCCN1. The maximum Gasteiger partial charge on any atom is 0.241 e. The lowest BCUT2D eigenvalue weighted by atomic mass is 10.2. The third kappa shape index (κ3) is 3.86. The third-order valence-electron chi connectivity index (χ3n) is 3.75. The Labute approximate surface area is 130 Å². The summed E-state index contributed by atoms with van der Waals surface area (Å²) in [6.45, 7) is 1.44. The van der Waals surface area contributed by atoms with Crippen LogP contribution in [0.1, 0.15) is 18.4 Å². The molecule has 1 unspecified atom stereocenters. The van der Waals surface area contributed by atoms with Gasteiger partial charge in [-0.1, -0.05) is 30.3 Å². The van der Waals surface area contributed by atoms with Gasteiger partial charge in [0.15, 0.2) is 0 Å². The van der Waals surface area contributed by atoms with Crippen molar-refractivity contribution in [2.75, 3.05) is 11.9 Å². The number of carbonyl (C=O) groups excluding carboxylic acids is 1. The van der Waals surface area contributed by atoms with E-state index >= 15 is 0 Å². The Balaban J connectivity index is 1.52. The molecule has 1 aliphatic rings. The Morgan fingerprint density at radius 3 is 2.59 bits per heavy atom. The average molecular weight is 296 g/mol. The van der Waals surface area contributed by atoms with E-state index in [4.69, 9.17) is 4.74 Å². The highest BCUT2D eigenvalue weighted by Gasteiger charge is 2.21. The van der Waals surface area contributed by atoms with Crippen LogP contribution in [0.2, 0.25) is 0 Å². The molecule has 3 rings (SSSR count). The van der Waals surface area contributed by atoms with Crippen molar-refractivity contribution in [2.45, 2.75) is 25.5 Å². The van der Waals surface area contributed by atoms with Gasteiger partial charge in [0, 0.05) is 5.69 Å². The molecular weight excluding hydrogens is 276 g/mol. The highest BCUT2D eigenvalue weighted by Crippen LogP contribution is 2.15. The number of anilines is 1. The van der Waals surface area contributed by atoms with E-state index in [2.05, 4.69) is 10.6 Å². The largest absolute Gasteiger partial charge is 0.489 e. The van der Waals surface area contributed by atoms with E-state index in [0.717, 1.165) is 36.4 Å². The first-order chi connectivity index (χ1) is 10.8. The third-order valence-corrected chi connectivity index (χ3v) is 3.75. The van der Waals surface area contributed by atoms with Crippen molar-refractivity contribution in [2.24, 2.45) is 0 Å². The van der Waals surface area contributed by atoms with Crippen molar-refractivity contribution in [3.8, 4) is 5.75 Å². The zero-order valence-corrected chi connectivity index (χ0v) is 12.4. The predicted molar refractivity (Wildman–Crippen MR) is 86.9 cm³/mol. The molecule has 0 spiro atoms. The molecule has 0 saturated carbocycles. The van der Waals surface area contributed by atoms with Crippen molar-refractivity contribution in [3.05, 3.63) is 60.2 Å². The monoisotopic (exact) mass is 296 g/mol. The van der Waals surface area contributed by atoms with E-state index in [9.17, 15) is 4.79 Å². The first-order valence-corrected chi connectivity index (χ1v) is 7.62. The standard InChI is InChI=1S/C18H20N2O2/c21-18(17-7-4-12-19-17)20-15-10-8-14(9-11-15)13-22-16-5-2-1-3-6-16/h1-3,5-6,8-11,17,19H,4,7,12-13H2,(H,20,21). The zero-order valence-electron chi connectivity index (χ0n) is 12.4. The molecule has 1 aliphatic heterocycles. The summed E-state index contributed by atoms with van der Waals surface area (Å²) in [7, 11) is 0. The van der Waals surface area contributed by atoms with Crippen LogP contribution in [0.25, 0.3) is 0 Å². The van der Waals surface area contributed by atoms with Gasteiger partial charge in [0.25, 0.3) is 0 Å². The Kier molecular flexibility index (Phi) is 4.71. The molecule has 1 heterocycles. The van der Waals surface area contributed by atoms with Crippen LogP contribution in [0.15, 0.2) is 54.6 Å². The van der Waals surface area contributed by atoms with Gasteiger partial charge in [0.1, 0.15) is 12.4 Å². The summed E-state index contributed by atoms with van der Waals surface area (Å²) >= 11 is 0. The lowest BCUT2D eigenvalue weighted by molar-refractivity contribution is -0.117. The molecule has 4 nitrogen and oxygen atoms in total. The number of amides is 1. The number of rotatable bonds is 5. The van der Waals surface area contributed by atoms with E-state index in [0.29, 0.717) is 6.61 Å². The minimum absolute atomic E-state index is 0.0470. The molecule has 22 heavy (non-hydrogen) atoms. The van der Waals surface area contributed by atoms with E-state index in [1.54, 1.807) is 0 Å². The lowest BCUT2D eigenvalue weighted by Crippen LogP contribution is -2.35. The predicted octanol–water partition coefficient (Wildman–Crippen LogP) is 2.96. The molecule has 1 fully saturated rings. The Morgan fingerprint density at radius 1 is 1.14 bits per heavy atom. The van der Waals surface area contributed by atoms with Crippen LogP contribution in [-0.4, -0.2) is 18.5 Å². The molecule has 114 valence electrons. The molecule has 0 radical (unpaired) electrons. The van der Waals surface area contributed by atoms with Gasteiger partial charge in [0.05, 0.1) is 6.04 Å². The Morgan fingerprint density at radius 2 is 1.91 bits per heavy atom. The van der Waals surface area contributed by atoms with Crippen molar-refractivity contribution in [1.29, 1.82) is 0 Å². The smallest absolute Gasteiger partial charge is 0.241 e. The van der Waals surface area contributed by atoms with Crippen LogP contribution in [0.4, 0.5) is 5.69 Å². The summed E-state index contributed by atoms with van der Waals surface area (Å²) < 4.78 is 5.70. The molecule has 2 aromatic rings. The number of hydrogen-bond donors (Lipinski definition) is 2. The topological polar surface area (TPSA) is 50.4 Å². The number of para-hydroxylation sites is 1. The highest BCUT2D eigenvalue weighted by molar-refractivity contribution is 5.95. The Bertz CT molecular complexity index is 605. The van der Waals surface area contributed by atoms with Crippen LogP contribution < -0.4 is 15.4 Å². The van der Waals surface area contributed by atoms with Crippen molar-refractivity contribution >= 4 is 11.6 Å². The van der Waals surface area contributed by atoms with Crippen LogP contribution in [0.3, 0.4) is 0 Å². The first-order valence-electron chi connectivity index (χ1n) is 7.62. The quantitative estimate of drug-likeness (QED) is 0.892. The first kappa shape index (κ1) is 14.6. The van der Waals surface area contributed by atoms with Gasteiger partial charge in [0.2, 0.25) is 5.91 Å². The second kappa shape index (κ2) is 7.09. The fraction of sp³-hybridized carbons (Fsp3) is 0.278. The van der Waals surface area contributed by atoms with Gasteiger partial charge >= 0.3 is 0 Å². The molecule has 2 N–H and O–H groups in total. The van der Waals surface area contributed by atoms with Crippen LogP contribution in [0, 0.1) is 0 Å². The van der Waals surface area contributed by atoms with Gasteiger partial charge in [-0.25, -0.2) is 0 Å². The molecule has 4 heteroatoms. The van der Waals surface area contributed by atoms with Crippen molar-refractivity contribution in [1.82, 2.24) is 5.32 Å². The molecule has 0 bridgehead atoms. The number of nitrogens with one attached hydrogen (secondary N) is 2. The second-order valence-corrected chi connectivity index (χ2v) is 5.44. The zero-order chi connectivity index (χ0) is 15.2. The molecule has 0 aliphatic carbocycles. The minimum Gasteiger partial charge on any atom is -0.489 e. The lowest BCUT2D eigenvalue weighted by Gasteiger charge is -2.11. The summed E-state index contributed by atoms with van der Waals surface area (Å²) in [6, 6.07) is 17.4. The van der Waals surface area contributed by atoms with E-state index in [1.807, 2.05) is 54.6 Å². The van der Waals surface area contributed by atoms with Crippen LogP contribution >= 0.6 is 0 Å². The molecule has 1 saturated heterocycles. The highest BCUT2D eigenvalue weighted by atomic mass is 16.5. The second-order valence-electron chi connectivity index (χ2n) is 5.44. The normalized spacial score (nSPS) is 17.2. The fourth-order valence-corrected chi connectivity index (χ4v) is 2.51. The summed E-state index contributed by atoms with van der Waals surface area (Å²) in [5, 5.41) is 6.14. The Hall–Kier alpha value is -2.33. The van der Waals surface area contributed by atoms with Crippen LogP contribution in [-0.2, 0) is 11.4 Å². The fourth-order valence-electron chi connectivity index (χ4n) is 2.51. The minimum atomic E-state index is -0.0545. The maximum atomic E-state index is 12.0. The molecule has 1 amide bonds.